The van der Waals surface area contributed by atoms with Crippen LogP contribution in [0.5, 0.6) is 0 Å². The second-order valence-corrected chi connectivity index (χ2v) is 13.1. The molecule has 0 bridgehead atoms. The molecule has 0 nitrogen and oxygen atoms in total. The predicted molar refractivity (Wildman–Crippen MR) is 131 cm³/mol. The van der Waals surface area contributed by atoms with Crippen molar-refractivity contribution in [3.8, 4) is 0 Å². The molecule has 3 saturated carbocycles. The van der Waals surface area contributed by atoms with Crippen LogP contribution in [0.25, 0.3) is 0 Å². The maximum atomic E-state index is 4.01. The molecule has 30 heavy (non-hydrogen) atoms. The van der Waals surface area contributed by atoms with Crippen molar-refractivity contribution in [2.45, 2.75) is 112 Å². The van der Waals surface area contributed by atoms with Crippen molar-refractivity contribution < 1.29 is 0 Å². The summed E-state index contributed by atoms with van der Waals surface area (Å²) in [6.45, 7) is 16.7. The third-order valence-electron chi connectivity index (χ3n) is 10.8. The Bertz CT molecular complexity index is 640. The number of hydrogen-bond acceptors (Lipinski definition) is 0. The lowest BCUT2D eigenvalue weighted by Gasteiger charge is -2.57. The van der Waals surface area contributed by atoms with Crippen LogP contribution in [0.1, 0.15) is 112 Å². The smallest absolute Gasteiger partial charge is 0.00851 e. The summed E-state index contributed by atoms with van der Waals surface area (Å²) >= 11 is 0. The summed E-state index contributed by atoms with van der Waals surface area (Å²) in [5.74, 6) is 6.60. The van der Waals surface area contributed by atoms with E-state index in [1.54, 1.807) is 6.42 Å². The zero-order valence-electron chi connectivity index (χ0n) is 20.9. The Labute approximate surface area is 188 Å². The Morgan fingerprint density at radius 2 is 1.90 bits per heavy atom. The molecule has 0 aromatic carbocycles. The molecule has 0 heteroatoms. The Morgan fingerprint density at radius 1 is 1.10 bits per heavy atom. The molecule has 4 rings (SSSR count). The molecule has 2 unspecified atom stereocenters. The van der Waals surface area contributed by atoms with E-state index in [-0.39, 0.29) is 0 Å². The number of fused-ring (bicyclic) bond motifs is 5. The summed E-state index contributed by atoms with van der Waals surface area (Å²) < 4.78 is 0. The average Bonchev–Trinajstić information content (AvgIpc) is 3.06. The van der Waals surface area contributed by atoms with Gasteiger partial charge in [-0.25, -0.2) is 0 Å². The van der Waals surface area contributed by atoms with Crippen LogP contribution in [0.3, 0.4) is 0 Å². The van der Waals surface area contributed by atoms with Gasteiger partial charge in [-0.2, -0.15) is 0 Å². The van der Waals surface area contributed by atoms with Crippen molar-refractivity contribution in [2.24, 2.45) is 52.3 Å². The molecular weight excluding hydrogens is 360 g/mol. The van der Waals surface area contributed by atoms with Gasteiger partial charge in [0.25, 0.3) is 0 Å². The SMILES string of the molecule is C=CCC1CC[C@@]2(C)C(=CC[C@H]3[C@@H]4CC([C@H](C)CCCC(C)C)C[C@@]4(C)CC[C@@H]32)C1. The van der Waals surface area contributed by atoms with Gasteiger partial charge in [0.1, 0.15) is 0 Å². The third kappa shape index (κ3) is 4.11. The van der Waals surface area contributed by atoms with Gasteiger partial charge in [0.2, 0.25) is 0 Å². The van der Waals surface area contributed by atoms with Gasteiger partial charge in [-0.05, 0) is 110 Å². The molecule has 0 aromatic rings. The molecule has 0 spiro atoms. The first-order valence-electron chi connectivity index (χ1n) is 13.6. The van der Waals surface area contributed by atoms with Gasteiger partial charge in [-0.1, -0.05) is 71.6 Å². The van der Waals surface area contributed by atoms with E-state index < -0.39 is 0 Å². The fourth-order valence-corrected chi connectivity index (χ4v) is 8.81. The van der Waals surface area contributed by atoms with Crippen molar-refractivity contribution in [2.75, 3.05) is 0 Å². The molecule has 170 valence electrons. The van der Waals surface area contributed by atoms with Crippen LogP contribution in [0, 0.1) is 52.3 Å². The van der Waals surface area contributed by atoms with Gasteiger partial charge >= 0.3 is 0 Å². The molecule has 3 fully saturated rings. The van der Waals surface area contributed by atoms with Gasteiger partial charge in [0.05, 0.1) is 0 Å². The monoisotopic (exact) mass is 410 g/mol. The molecule has 4 aliphatic carbocycles. The fourth-order valence-electron chi connectivity index (χ4n) is 8.81. The standard InChI is InChI=1S/C30H50/c1-7-9-23-14-17-30(6)25(18-23)12-13-26-27(30)15-16-29(5)20-24(19-28(26)29)22(4)11-8-10-21(2)3/h7,12,21-24,26-28H,1,8-11,13-20H2,2-6H3/t22-,23?,24?,26-,27+,28+,29-,30+/m1/s1. The summed E-state index contributed by atoms with van der Waals surface area (Å²) in [5, 5.41) is 0. The summed E-state index contributed by atoms with van der Waals surface area (Å²) in [4.78, 5) is 0. The van der Waals surface area contributed by atoms with E-state index in [9.17, 15) is 0 Å². The summed E-state index contributed by atoms with van der Waals surface area (Å²) in [5.41, 5.74) is 3.00. The lowest BCUT2D eigenvalue weighted by atomic mass is 9.47. The zero-order chi connectivity index (χ0) is 21.5. The highest BCUT2D eigenvalue weighted by Gasteiger charge is 2.57. The molecule has 4 aliphatic rings. The minimum Gasteiger partial charge on any atom is -0.103 e. The van der Waals surface area contributed by atoms with E-state index in [1.165, 1.54) is 70.6 Å². The van der Waals surface area contributed by atoms with E-state index in [1.807, 2.05) is 5.57 Å². The summed E-state index contributed by atoms with van der Waals surface area (Å²) in [7, 11) is 0. The highest BCUT2D eigenvalue weighted by Crippen LogP contribution is 2.66. The average molecular weight is 411 g/mol. The van der Waals surface area contributed by atoms with Crippen LogP contribution in [-0.2, 0) is 0 Å². The van der Waals surface area contributed by atoms with Crippen molar-refractivity contribution >= 4 is 0 Å². The number of hydrogen-bond donors (Lipinski definition) is 0. The van der Waals surface area contributed by atoms with E-state index in [4.69, 9.17) is 0 Å². The van der Waals surface area contributed by atoms with Gasteiger partial charge in [-0.3, -0.25) is 0 Å². The van der Waals surface area contributed by atoms with E-state index in [0.717, 1.165) is 41.4 Å². The topological polar surface area (TPSA) is 0 Å². The maximum absolute atomic E-state index is 4.01. The van der Waals surface area contributed by atoms with Crippen molar-refractivity contribution in [3.05, 3.63) is 24.3 Å². The van der Waals surface area contributed by atoms with Crippen LogP contribution in [0.2, 0.25) is 0 Å². The summed E-state index contributed by atoms with van der Waals surface area (Å²) in [6.07, 6.45) is 22.2. The Hall–Kier alpha value is -0.520. The first-order chi connectivity index (χ1) is 14.3. The largest absolute Gasteiger partial charge is 0.103 e. The van der Waals surface area contributed by atoms with Gasteiger partial charge < -0.3 is 0 Å². The Morgan fingerprint density at radius 3 is 2.63 bits per heavy atom. The molecule has 0 aromatic heterocycles. The normalized spacial score (nSPS) is 44.1. The van der Waals surface area contributed by atoms with Gasteiger partial charge in [-0.15, -0.1) is 6.58 Å². The molecule has 0 amide bonds. The van der Waals surface area contributed by atoms with Gasteiger partial charge in [0.15, 0.2) is 0 Å². The molecule has 0 aliphatic heterocycles. The highest BCUT2D eigenvalue weighted by atomic mass is 14.6. The zero-order valence-corrected chi connectivity index (χ0v) is 20.9. The highest BCUT2D eigenvalue weighted by molar-refractivity contribution is 5.25. The first kappa shape index (κ1) is 22.7. The Balaban J connectivity index is 1.46. The second kappa shape index (κ2) is 8.78. The number of allylic oxidation sites excluding steroid dienone is 3. The molecule has 0 heterocycles. The lowest BCUT2D eigenvalue weighted by Crippen LogP contribution is -2.48. The van der Waals surface area contributed by atoms with Crippen LogP contribution >= 0.6 is 0 Å². The van der Waals surface area contributed by atoms with Crippen molar-refractivity contribution in [1.29, 1.82) is 0 Å². The van der Waals surface area contributed by atoms with Crippen molar-refractivity contribution in [1.82, 2.24) is 0 Å². The van der Waals surface area contributed by atoms with Crippen LogP contribution in [-0.4, -0.2) is 0 Å². The van der Waals surface area contributed by atoms with Crippen molar-refractivity contribution in [3.63, 3.8) is 0 Å². The molecule has 0 radical (unpaired) electrons. The lowest BCUT2D eigenvalue weighted by molar-refractivity contribution is -0.0286. The minimum absolute atomic E-state index is 0.517. The van der Waals surface area contributed by atoms with Gasteiger partial charge in [0, 0.05) is 0 Å². The fraction of sp³-hybridized carbons (Fsp3) is 0.867. The minimum atomic E-state index is 0.517. The maximum Gasteiger partial charge on any atom is -0.00851 e. The van der Waals surface area contributed by atoms with E-state index in [0.29, 0.717) is 10.8 Å². The third-order valence-corrected chi connectivity index (χ3v) is 10.8. The molecule has 0 N–H and O–H groups in total. The summed E-state index contributed by atoms with van der Waals surface area (Å²) in [6, 6.07) is 0. The van der Waals surface area contributed by atoms with E-state index >= 15 is 0 Å². The second-order valence-electron chi connectivity index (χ2n) is 13.1. The quantitative estimate of drug-likeness (QED) is 0.367. The molecular formula is C30H50. The Kier molecular flexibility index (Phi) is 6.64. The van der Waals surface area contributed by atoms with Crippen LogP contribution < -0.4 is 0 Å². The van der Waals surface area contributed by atoms with Crippen LogP contribution in [0.15, 0.2) is 24.3 Å². The first-order valence-corrected chi connectivity index (χ1v) is 13.6. The number of rotatable bonds is 7. The van der Waals surface area contributed by atoms with E-state index in [2.05, 4.69) is 53.3 Å². The predicted octanol–water partition coefficient (Wildman–Crippen LogP) is 9.22. The molecule has 8 atom stereocenters. The molecule has 0 saturated heterocycles. The van der Waals surface area contributed by atoms with Crippen LogP contribution in [0.4, 0.5) is 0 Å².